The predicted octanol–water partition coefficient (Wildman–Crippen LogP) is 0.801. The van der Waals surface area contributed by atoms with E-state index in [0.29, 0.717) is 11.3 Å². The predicted molar refractivity (Wildman–Crippen MR) is 105 cm³/mol. The fraction of sp³-hybridized carbons (Fsp3) is 0.550. The van der Waals surface area contributed by atoms with Crippen molar-refractivity contribution in [1.29, 1.82) is 0 Å². The van der Waals surface area contributed by atoms with Crippen LogP contribution in [0.4, 0.5) is 0 Å². The van der Waals surface area contributed by atoms with Gasteiger partial charge in [0.15, 0.2) is 5.65 Å². The van der Waals surface area contributed by atoms with Crippen LogP contribution in [0.2, 0.25) is 0 Å². The van der Waals surface area contributed by atoms with Gasteiger partial charge in [0.05, 0.1) is 12.1 Å². The third-order valence-corrected chi connectivity index (χ3v) is 5.94. The molecule has 29 heavy (non-hydrogen) atoms. The largest absolute Gasteiger partial charge is 0.353 e. The van der Waals surface area contributed by atoms with E-state index in [-0.39, 0.29) is 42.1 Å². The summed E-state index contributed by atoms with van der Waals surface area (Å²) in [6.07, 6.45) is 6.75. The Morgan fingerprint density at radius 2 is 1.83 bits per heavy atom. The van der Waals surface area contributed by atoms with Crippen LogP contribution in [0.1, 0.15) is 56.4 Å². The van der Waals surface area contributed by atoms with E-state index >= 15 is 0 Å². The van der Waals surface area contributed by atoms with Gasteiger partial charge in [0, 0.05) is 36.3 Å². The van der Waals surface area contributed by atoms with Crippen LogP contribution in [0.15, 0.2) is 24.5 Å². The molecule has 1 saturated carbocycles. The maximum absolute atomic E-state index is 12.6. The van der Waals surface area contributed by atoms with Gasteiger partial charge in [0.2, 0.25) is 11.8 Å². The highest BCUT2D eigenvalue weighted by Crippen LogP contribution is 2.28. The molecular formula is C20H26N6O3. The first-order chi connectivity index (χ1) is 13.8. The van der Waals surface area contributed by atoms with Crippen molar-refractivity contribution >= 4 is 23.4 Å². The van der Waals surface area contributed by atoms with Gasteiger partial charge < -0.3 is 16.0 Å². The zero-order chi connectivity index (χ0) is 20.6. The number of carbonyl (C=O) groups is 3. The molecule has 4 rings (SSSR count). The van der Waals surface area contributed by atoms with Gasteiger partial charge in [-0.2, -0.15) is 5.10 Å². The Morgan fingerprint density at radius 1 is 1.14 bits per heavy atom. The average molecular weight is 398 g/mol. The van der Waals surface area contributed by atoms with Gasteiger partial charge in [0.25, 0.3) is 5.91 Å². The van der Waals surface area contributed by atoms with E-state index in [1.165, 1.54) is 0 Å². The molecule has 1 aliphatic heterocycles. The first kappa shape index (κ1) is 19.4. The van der Waals surface area contributed by atoms with Crippen molar-refractivity contribution in [3.8, 4) is 0 Å². The molecule has 2 aromatic heterocycles. The fourth-order valence-corrected chi connectivity index (χ4v) is 4.24. The molecule has 3 amide bonds. The quantitative estimate of drug-likeness (QED) is 0.704. The molecule has 154 valence electrons. The minimum atomic E-state index is -0.518. The molecular weight excluding hydrogens is 372 g/mol. The Hall–Kier alpha value is -2.97. The molecule has 1 saturated heterocycles. The lowest BCUT2D eigenvalue weighted by Gasteiger charge is -2.32. The Balaban J connectivity index is 1.27. The second-order valence-corrected chi connectivity index (χ2v) is 8.50. The van der Waals surface area contributed by atoms with Gasteiger partial charge in [-0.3, -0.25) is 14.4 Å². The average Bonchev–Trinajstić information content (AvgIpc) is 3.25. The highest BCUT2D eigenvalue weighted by Gasteiger charge is 2.44. The fourth-order valence-electron chi connectivity index (χ4n) is 4.24. The zero-order valence-corrected chi connectivity index (χ0v) is 16.6. The molecule has 1 unspecified atom stereocenters. The van der Waals surface area contributed by atoms with E-state index < -0.39 is 5.54 Å². The second-order valence-electron chi connectivity index (χ2n) is 8.50. The van der Waals surface area contributed by atoms with Crippen LogP contribution in [-0.2, 0) is 9.59 Å². The van der Waals surface area contributed by atoms with Crippen molar-refractivity contribution in [3.05, 3.63) is 30.2 Å². The molecule has 1 aliphatic carbocycles. The van der Waals surface area contributed by atoms with E-state index in [4.69, 9.17) is 0 Å². The summed E-state index contributed by atoms with van der Waals surface area (Å²) in [7, 11) is 0. The molecule has 3 N–H and O–H groups in total. The first-order valence-electron chi connectivity index (χ1n) is 10.0. The Bertz CT molecular complexity index is 945. The van der Waals surface area contributed by atoms with Crippen molar-refractivity contribution in [1.82, 2.24) is 30.5 Å². The smallest absolute Gasteiger partial charge is 0.270 e. The summed E-state index contributed by atoms with van der Waals surface area (Å²) < 4.78 is 1.61. The van der Waals surface area contributed by atoms with E-state index in [1.54, 1.807) is 29.0 Å². The Labute approximate surface area is 168 Å². The number of hydrogen-bond donors (Lipinski definition) is 3. The first-order valence-corrected chi connectivity index (χ1v) is 10.0. The minimum absolute atomic E-state index is 0.0600. The standard InChI is InChI=1S/C20H26N6O3/c1-20(2)14(11-17(27)25-20)18(28)22-12-3-5-13(6-4-12)23-19(29)15-8-10-26-16(24-15)7-9-21-26/h7-10,12-14H,3-6,11H2,1-2H3,(H,22,28)(H,23,29)(H,25,27). The molecule has 0 bridgehead atoms. The molecule has 2 aliphatic rings. The van der Waals surface area contributed by atoms with Crippen LogP contribution < -0.4 is 16.0 Å². The summed E-state index contributed by atoms with van der Waals surface area (Å²) in [5, 5.41) is 13.1. The Morgan fingerprint density at radius 3 is 2.48 bits per heavy atom. The molecule has 1 atom stereocenters. The van der Waals surface area contributed by atoms with Crippen LogP contribution in [0, 0.1) is 5.92 Å². The summed E-state index contributed by atoms with van der Waals surface area (Å²) in [6, 6.07) is 3.53. The van der Waals surface area contributed by atoms with Crippen LogP contribution in [0.3, 0.4) is 0 Å². The number of nitrogens with one attached hydrogen (secondary N) is 3. The van der Waals surface area contributed by atoms with Gasteiger partial charge in [-0.05, 0) is 45.6 Å². The molecule has 2 fully saturated rings. The van der Waals surface area contributed by atoms with Crippen LogP contribution in [0.25, 0.3) is 5.65 Å². The van der Waals surface area contributed by atoms with Crippen molar-refractivity contribution in [3.63, 3.8) is 0 Å². The Kier molecular flexibility index (Phi) is 4.97. The SMILES string of the molecule is CC1(C)NC(=O)CC1C(=O)NC1CCC(NC(=O)c2ccn3nccc3n2)CC1. The van der Waals surface area contributed by atoms with E-state index in [9.17, 15) is 14.4 Å². The molecule has 2 aromatic rings. The van der Waals surface area contributed by atoms with Gasteiger partial charge in [-0.1, -0.05) is 0 Å². The highest BCUT2D eigenvalue weighted by molar-refractivity contribution is 5.93. The number of rotatable bonds is 4. The second kappa shape index (κ2) is 7.46. The summed E-state index contributed by atoms with van der Waals surface area (Å²) in [4.78, 5) is 41.1. The van der Waals surface area contributed by atoms with Gasteiger partial charge in [0.1, 0.15) is 5.69 Å². The van der Waals surface area contributed by atoms with Crippen molar-refractivity contribution < 1.29 is 14.4 Å². The van der Waals surface area contributed by atoms with E-state index in [1.807, 2.05) is 13.8 Å². The minimum Gasteiger partial charge on any atom is -0.353 e. The number of fused-ring (bicyclic) bond motifs is 1. The van der Waals surface area contributed by atoms with Crippen LogP contribution in [0.5, 0.6) is 0 Å². The number of carbonyl (C=O) groups excluding carboxylic acids is 3. The summed E-state index contributed by atoms with van der Waals surface area (Å²) >= 11 is 0. The number of nitrogens with zero attached hydrogens (tertiary/aromatic N) is 3. The van der Waals surface area contributed by atoms with E-state index in [2.05, 4.69) is 26.0 Å². The summed E-state index contributed by atoms with van der Waals surface area (Å²) in [6.45, 7) is 3.76. The lowest BCUT2D eigenvalue weighted by Crippen LogP contribution is -2.50. The third kappa shape index (κ3) is 4.08. The maximum atomic E-state index is 12.6. The molecule has 0 radical (unpaired) electrons. The van der Waals surface area contributed by atoms with Crippen molar-refractivity contribution in [2.75, 3.05) is 0 Å². The third-order valence-electron chi connectivity index (χ3n) is 5.94. The summed E-state index contributed by atoms with van der Waals surface area (Å²) in [5.41, 5.74) is 0.483. The lowest BCUT2D eigenvalue weighted by molar-refractivity contribution is -0.128. The molecule has 0 spiro atoms. The topological polar surface area (TPSA) is 117 Å². The molecule has 9 heteroatoms. The lowest BCUT2D eigenvalue weighted by atomic mass is 9.86. The maximum Gasteiger partial charge on any atom is 0.270 e. The highest BCUT2D eigenvalue weighted by atomic mass is 16.2. The van der Waals surface area contributed by atoms with Crippen molar-refractivity contribution in [2.45, 2.75) is 63.6 Å². The van der Waals surface area contributed by atoms with Crippen LogP contribution >= 0.6 is 0 Å². The van der Waals surface area contributed by atoms with Gasteiger partial charge >= 0.3 is 0 Å². The molecule has 0 aromatic carbocycles. The molecule has 9 nitrogen and oxygen atoms in total. The summed E-state index contributed by atoms with van der Waals surface area (Å²) in [5.74, 6) is -0.695. The number of hydrogen-bond acceptors (Lipinski definition) is 5. The number of aromatic nitrogens is 3. The van der Waals surface area contributed by atoms with Crippen LogP contribution in [-0.4, -0.2) is 49.9 Å². The van der Waals surface area contributed by atoms with Gasteiger partial charge in [-0.25, -0.2) is 9.50 Å². The zero-order valence-electron chi connectivity index (χ0n) is 16.6. The number of amides is 3. The van der Waals surface area contributed by atoms with Crippen molar-refractivity contribution in [2.24, 2.45) is 5.92 Å². The monoisotopic (exact) mass is 398 g/mol. The normalized spacial score (nSPS) is 26.1. The van der Waals surface area contributed by atoms with Gasteiger partial charge in [-0.15, -0.1) is 0 Å². The van der Waals surface area contributed by atoms with E-state index in [0.717, 1.165) is 25.7 Å². The molecule has 3 heterocycles.